The minimum absolute atomic E-state index is 0.142. The van der Waals surface area contributed by atoms with E-state index in [9.17, 15) is 8.42 Å². The first kappa shape index (κ1) is 18.1. The third-order valence-corrected chi connectivity index (χ3v) is 5.99. The fraction of sp³-hybridized carbons (Fsp3) is 0.368. The van der Waals surface area contributed by atoms with E-state index in [4.69, 9.17) is 14.6 Å². The SMILES string of the molecule is NS(=O)(=O)c1ccc(CNC2CCN(c3ccc4c(c3)OCO4)CC2)cc1. The summed E-state index contributed by atoms with van der Waals surface area (Å²) in [7, 11) is -3.63. The van der Waals surface area contributed by atoms with E-state index >= 15 is 0 Å². The summed E-state index contributed by atoms with van der Waals surface area (Å²) in [5.41, 5.74) is 2.21. The van der Waals surface area contributed by atoms with Gasteiger partial charge in [-0.3, -0.25) is 0 Å². The van der Waals surface area contributed by atoms with E-state index in [0.717, 1.165) is 48.7 Å². The second-order valence-corrected chi connectivity index (χ2v) is 8.43. The molecule has 0 atom stereocenters. The molecule has 27 heavy (non-hydrogen) atoms. The molecule has 0 bridgehead atoms. The molecule has 2 aliphatic rings. The maximum absolute atomic E-state index is 11.3. The highest BCUT2D eigenvalue weighted by Crippen LogP contribution is 2.36. The summed E-state index contributed by atoms with van der Waals surface area (Å²) in [6, 6.07) is 13.2. The molecular formula is C19H23N3O4S. The molecule has 1 saturated heterocycles. The van der Waals surface area contributed by atoms with Crippen molar-refractivity contribution in [3.63, 3.8) is 0 Å². The van der Waals surface area contributed by atoms with Crippen LogP contribution in [0.25, 0.3) is 0 Å². The summed E-state index contributed by atoms with van der Waals surface area (Å²) in [5.74, 6) is 1.62. The molecule has 2 aliphatic heterocycles. The Hall–Kier alpha value is -2.29. The van der Waals surface area contributed by atoms with Gasteiger partial charge in [0.15, 0.2) is 11.5 Å². The third-order valence-electron chi connectivity index (χ3n) is 5.06. The zero-order valence-electron chi connectivity index (χ0n) is 14.9. The minimum Gasteiger partial charge on any atom is -0.454 e. The van der Waals surface area contributed by atoms with Crippen LogP contribution in [0.1, 0.15) is 18.4 Å². The number of sulfonamides is 1. The Morgan fingerprint density at radius 2 is 1.74 bits per heavy atom. The average Bonchev–Trinajstić information content (AvgIpc) is 3.14. The van der Waals surface area contributed by atoms with Crippen LogP contribution >= 0.6 is 0 Å². The number of fused-ring (bicyclic) bond motifs is 1. The van der Waals surface area contributed by atoms with Gasteiger partial charge in [0.05, 0.1) is 4.90 Å². The summed E-state index contributed by atoms with van der Waals surface area (Å²) in [4.78, 5) is 2.50. The van der Waals surface area contributed by atoms with Crippen LogP contribution in [-0.2, 0) is 16.6 Å². The van der Waals surface area contributed by atoms with Crippen molar-refractivity contribution in [2.75, 3.05) is 24.8 Å². The monoisotopic (exact) mass is 389 g/mol. The summed E-state index contributed by atoms with van der Waals surface area (Å²) in [6.07, 6.45) is 2.09. The molecule has 0 saturated carbocycles. The maximum atomic E-state index is 11.3. The maximum Gasteiger partial charge on any atom is 0.238 e. The minimum atomic E-state index is -3.63. The molecule has 0 spiro atoms. The Balaban J connectivity index is 1.28. The van der Waals surface area contributed by atoms with Gasteiger partial charge in [-0.2, -0.15) is 0 Å². The van der Waals surface area contributed by atoms with Crippen molar-refractivity contribution in [1.82, 2.24) is 5.32 Å². The Morgan fingerprint density at radius 3 is 2.44 bits per heavy atom. The topological polar surface area (TPSA) is 93.9 Å². The number of ether oxygens (including phenoxy) is 2. The van der Waals surface area contributed by atoms with Gasteiger partial charge in [-0.25, -0.2) is 13.6 Å². The lowest BCUT2D eigenvalue weighted by molar-refractivity contribution is 0.174. The molecule has 2 aromatic rings. The number of benzene rings is 2. The Labute approximate surface area is 159 Å². The number of piperidine rings is 1. The Kier molecular flexibility index (Phi) is 4.94. The van der Waals surface area contributed by atoms with Crippen molar-refractivity contribution < 1.29 is 17.9 Å². The molecule has 0 amide bonds. The third kappa shape index (κ3) is 4.18. The lowest BCUT2D eigenvalue weighted by Crippen LogP contribution is -2.42. The second-order valence-electron chi connectivity index (χ2n) is 6.87. The average molecular weight is 389 g/mol. The number of nitrogens with one attached hydrogen (secondary N) is 1. The molecule has 7 nitrogen and oxygen atoms in total. The standard InChI is InChI=1S/C19H23N3O4S/c20-27(23,24)17-4-1-14(2-5-17)12-21-15-7-9-22(10-8-15)16-3-6-18-19(11-16)26-13-25-18/h1-6,11,15,21H,7-10,12-13H2,(H2,20,23,24). The van der Waals surface area contributed by atoms with Gasteiger partial charge < -0.3 is 19.7 Å². The molecule has 0 aromatic heterocycles. The summed E-state index contributed by atoms with van der Waals surface area (Å²) in [5, 5.41) is 8.68. The largest absolute Gasteiger partial charge is 0.454 e. The predicted molar refractivity (Wildman–Crippen MR) is 102 cm³/mol. The van der Waals surface area contributed by atoms with Crippen LogP contribution in [0.5, 0.6) is 11.5 Å². The van der Waals surface area contributed by atoms with Crippen LogP contribution in [-0.4, -0.2) is 34.3 Å². The van der Waals surface area contributed by atoms with Gasteiger partial charge in [-0.15, -0.1) is 0 Å². The lowest BCUT2D eigenvalue weighted by Gasteiger charge is -2.34. The van der Waals surface area contributed by atoms with Crippen molar-refractivity contribution >= 4 is 15.7 Å². The number of hydrogen-bond donors (Lipinski definition) is 2. The molecule has 2 aromatic carbocycles. The smallest absolute Gasteiger partial charge is 0.238 e. The van der Waals surface area contributed by atoms with Gasteiger partial charge in [0, 0.05) is 37.4 Å². The molecule has 4 rings (SSSR count). The van der Waals surface area contributed by atoms with Crippen LogP contribution in [0, 0.1) is 0 Å². The highest BCUT2D eigenvalue weighted by atomic mass is 32.2. The van der Waals surface area contributed by atoms with E-state index in [-0.39, 0.29) is 4.90 Å². The molecule has 144 valence electrons. The molecule has 3 N–H and O–H groups in total. The number of nitrogens with two attached hydrogens (primary N) is 1. The Bertz CT molecular complexity index is 907. The van der Waals surface area contributed by atoms with Gasteiger partial charge in [0.25, 0.3) is 0 Å². The first-order chi connectivity index (χ1) is 13.0. The van der Waals surface area contributed by atoms with Gasteiger partial charge >= 0.3 is 0 Å². The van der Waals surface area contributed by atoms with Gasteiger partial charge in [0.1, 0.15) is 0 Å². The van der Waals surface area contributed by atoms with Crippen molar-refractivity contribution in [1.29, 1.82) is 0 Å². The highest BCUT2D eigenvalue weighted by molar-refractivity contribution is 7.89. The molecule has 0 unspecified atom stereocenters. The van der Waals surface area contributed by atoms with Gasteiger partial charge in [-0.1, -0.05) is 12.1 Å². The fourth-order valence-electron chi connectivity index (χ4n) is 3.48. The van der Waals surface area contributed by atoms with E-state index in [1.54, 1.807) is 24.3 Å². The second kappa shape index (κ2) is 7.38. The molecule has 0 aliphatic carbocycles. The van der Waals surface area contributed by atoms with Crippen molar-refractivity contribution in [2.24, 2.45) is 5.14 Å². The van der Waals surface area contributed by atoms with Crippen LogP contribution in [0.15, 0.2) is 47.4 Å². The Morgan fingerprint density at radius 1 is 1.04 bits per heavy atom. The first-order valence-electron chi connectivity index (χ1n) is 8.99. The fourth-order valence-corrected chi connectivity index (χ4v) is 4.00. The van der Waals surface area contributed by atoms with Crippen molar-refractivity contribution in [3.8, 4) is 11.5 Å². The van der Waals surface area contributed by atoms with Crippen LogP contribution in [0.4, 0.5) is 5.69 Å². The summed E-state index contributed by atoms with van der Waals surface area (Å²) in [6.45, 7) is 2.95. The lowest BCUT2D eigenvalue weighted by atomic mass is 10.0. The highest BCUT2D eigenvalue weighted by Gasteiger charge is 2.21. The van der Waals surface area contributed by atoms with Crippen LogP contribution < -0.4 is 24.8 Å². The van der Waals surface area contributed by atoms with E-state index in [1.165, 1.54) is 0 Å². The number of rotatable bonds is 5. The molecular weight excluding hydrogens is 366 g/mol. The number of anilines is 1. The normalized spacial score (nSPS) is 17.3. The molecule has 1 fully saturated rings. The predicted octanol–water partition coefficient (Wildman–Crippen LogP) is 1.82. The number of primary sulfonamides is 1. The zero-order chi connectivity index (χ0) is 18.9. The van der Waals surface area contributed by atoms with Gasteiger partial charge in [0.2, 0.25) is 16.8 Å². The number of nitrogens with zero attached hydrogens (tertiary/aromatic N) is 1. The zero-order valence-corrected chi connectivity index (χ0v) is 15.7. The van der Waals surface area contributed by atoms with Crippen LogP contribution in [0.2, 0.25) is 0 Å². The molecule has 0 radical (unpaired) electrons. The van der Waals surface area contributed by atoms with E-state index in [2.05, 4.69) is 16.3 Å². The summed E-state index contributed by atoms with van der Waals surface area (Å²) < 4.78 is 33.4. The van der Waals surface area contributed by atoms with E-state index in [1.807, 2.05) is 12.1 Å². The first-order valence-corrected chi connectivity index (χ1v) is 10.5. The van der Waals surface area contributed by atoms with Gasteiger partial charge in [-0.05, 0) is 42.7 Å². The van der Waals surface area contributed by atoms with Crippen molar-refractivity contribution in [2.45, 2.75) is 30.3 Å². The molecule has 8 heteroatoms. The van der Waals surface area contributed by atoms with Crippen molar-refractivity contribution in [3.05, 3.63) is 48.0 Å². The number of hydrogen-bond acceptors (Lipinski definition) is 6. The summed E-state index contributed by atoms with van der Waals surface area (Å²) >= 11 is 0. The van der Waals surface area contributed by atoms with E-state index in [0.29, 0.717) is 19.4 Å². The van der Waals surface area contributed by atoms with E-state index < -0.39 is 10.0 Å². The molecule has 2 heterocycles. The van der Waals surface area contributed by atoms with Crippen LogP contribution in [0.3, 0.4) is 0 Å². The quantitative estimate of drug-likeness (QED) is 0.810.